The average molecular weight is 409 g/mol. The molecule has 2 unspecified atom stereocenters. The molecule has 0 amide bonds. The van der Waals surface area contributed by atoms with E-state index in [1.807, 2.05) is 31.2 Å². The van der Waals surface area contributed by atoms with E-state index >= 15 is 0 Å². The Morgan fingerprint density at radius 3 is 2.03 bits per heavy atom. The molecule has 1 aromatic rings. The van der Waals surface area contributed by atoms with Crippen molar-refractivity contribution >= 4 is 0 Å². The molecule has 4 heteroatoms. The molecule has 1 aromatic carbocycles. The van der Waals surface area contributed by atoms with Crippen LogP contribution in [-0.2, 0) is 9.47 Å². The van der Waals surface area contributed by atoms with Crippen LogP contribution in [0.15, 0.2) is 24.3 Å². The Morgan fingerprint density at radius 1 is 0.862 bits per heavy atom. The van der Waals surface area contributed by atoms with E-state index < -0.39 is 0 Å². The summed E-state index contributed by atoms with van der Waals surface area (Å²) in [4.78, 5) is 0. The Kier molecular flexibility index (Phi) is 11.1. The van der Waals surface area contributed by atoms with Gasteiger partial charge in [-0.15, -0.1) is 0 Å². The van der Waals surface area contributed by atoms with Crippen molar-refractivity contribution in [3.63, 3.8) is 0 Å². The summed E-state index contributed by atoms with van der Waals surface area (Å²) in [7, 11) is 0. The second-order valence-corrected chi connectivity index (χ2v) is 9.18. The van der Waals surface area contributed by atoms with E-state index in [0.29, 0.717) is 6.61 Å². The predicted molar refractivity (Wildman–Crippen MR) is 121 cm³/mol. The lowest BCUT2D eigenvalue weighted by molar-refractivity contribution is -0.0729. The summed E-state index contributed by atoms with van der Waals surface area (Å²) in [6.07, 6.45) is 5.07. The van der Waals surface area contributed by atoms with Gasteiger partial charge < -0.3 is 18.9 Å². The smallest absolute Gasteiger partial charge is 0.197 e. The highest BCUT2D eigenvalue weighted by Gasteiger charge is 2.24. The van der Waals surface area contributed by atoms with E-state index in [1.54, 1.807) is 0 Å². The Morgan fingerprint density at radius 2 is 1.45 bits per heavy atom. The minimum Gasteiger partial charge on any atom is -0.484 e. The second kappa shape index (κ2) is 12.4. The van der Waals surface area contributed by atoms with Crippen molar-refractivity contribution in [1.82, 2.24) is 0 Å². The highest BCUT2D eigenvalue weighted by atomic mass is 16.7. The van der Waals surface area contributed by atoms with Crippen molar-refractivity contribution in [1.29, 1.82) is 0 Å². The van der Waals surface area contributed by atoms with Crippen LogP contribution in [-0.4, -0.2) is 31.2 Å². The fraction of sp³-hybridized carbons (Fsp3) is 0.760. The van der Waals surface area contributed by atoms with Gasteiger partial charge in [-0.05, 0) is 70.9 Å². The van der Waals surface area contributed by atoms with E-state index in [9.17, 15) is 0 Å². The maximum atomic E-state index is 6.19. The summed E-state index contributed by atoms with van der Waals surface area (Å²) in [5.74, 6) is 1.49. The largest absolute Gasteiger partial charge is 0.484 e. The van der Waals surface area contributed by atoms with Crippen LogP contribution in [0.3, 0.4) is 0 Å². The molecule has 0 heterocycles. The monoisotopic (exact) mass is 408 g/mol. The summed E-state index contributed by atoms with van der Waals surface area (Å²) in [6, 6.07) is 7.81. The molecule has 0 aliphatic carbocycles. The van der Waals surface area contributed by atoms with Gasteiger partial charge in [0.05, 0.1) is 12.7 Å². The van der Waals surface area contributed by atoms with E-state index in [0.717, 1.165) is 50.2 Å². The minimum atomic E-state index is -0.326. The first-order valence-electron chi connectivity index (χ1n) is 11.3. The van der Waals surface area contributed by atoms with Crippen LogP contribution in [0.4, 0.5) is 0 Å². The first kappa shape index (κ1) is 25.8. The van der Waals surface area contributed by atoms with Crippen molar-refractivity contribution in [3.05, 3.63) is 24.3 Å². The van der Waals surface area contributed by atoms with Gasteiger partial charge in [0.1, 0.15) is 5.60 Å². The van der Waals surface area contributed by atoms with Gasteiger partial charge in [0.2, 0.25) is 0 Å². The Balaban J connectivity index is 2.36. The van der Waals surface area contributed by atoms with Crippen molar-refractivity contribution in [3.8, 4) is 11.5 Å². The molecule has 168 valence electrons. The van der Waals surface area contributed by atoms with Crippen molar-refractivity contribution in [2.75, 3.05) is 13.2 Å². The van der Waals surface area contributed by atoms with Crippen LogP contribution in [0.5, 0.6) is 11.5 Å². The first-order valence-corrected chi connectivity index (χ1v) is 11.3. The van der Waals surface area contributed by atoms with Gasteiger partial charge in [0.25, 0.3) is 0 Å². The number of ether oxygens (including phenoxy) is 4. The van der Waals surface area contributed by atoms with E-state index in [1.165, 1.54) is 0 Å². The topological polar surface area (TPSA) is 36.9 Å². The fourth-order valence-electron chi connectivity index (χ4n) is 3.02. The standard InChI is InChI=1S/C25H44O4/c1-9-17-25(7,8)29-23-16-12-11-15-22(23)28-21(4)27-19-14-13-18-26-20(3)24(5,6)10-2/h11-12,15-16,20-21H,9-10,13-14,17-19H2,1-8H3. The fourth-order valence-corrected chi connectivity index (χ4v) is 3.02. The van der Waals surface area contributed by atoms with Crippen molar-refractivity contribution in [2.45, 2.75) is 105 Å². The van der Waals surface area contributed by atoms with Crippen LogP contribution in [0, 0.1) is 5.41 Å². The van der Waals surface area contributed by atoms with Crippen LogP contribution < -0.4 is 9.47 Å². The molecule has 0 radical (unpaired) electrons. The molecule has 0 spiro atoms. The van der Waals surface area contributed by atoms with Crippen LogP contribution in [0.2, 0.25) is 0 Å². The summed E-state index contributed by atoms with van der Waals surface area (Å²) < 4.78 is 24.0. The van der Waals surface area contributed by atoms with Crippen LogP contribution in [0.1, 0.15) is 87.5 Å². The lowest BCUT2D eigenvalue weighted by Crippen LogP contribution is -2.29. The molecule has 0 fully saturated rings. The quantitative estimate of drug-likeness (QED) is 0.231. The molecule has 0 aromatic heterocycles. The molecule has 0 N–H and O–H groups in total. The van der Waals surface area contributed by atoms with Crippen molar-refractivity contribution in [2.24, 2.45) is 5.41 Å². The van der Waals surface area contributed by atoms with Crippen molar-refractivity contribution < 1.29 is 18.9 Å². The molecule has 4 nitrogen and oxygen atoms in total. The highest BCUT2D eigenvalue weighted by Crippen LogP contribution is 2.32. The van der Waals surface area contributed by atoms with E-state index in [2.05, 4.69) is 48.5 Å². The number of hydrogen-bond acceptors (Lipinski definition) is 4. The third-order valence-electron chi connectivity index (χ3n) is 5.65. The van der Waals surface area contributed by atoms with Gasteiger partial charge in [0.15, 0.2) is 17.8 Å². The predicted octanol–water partition coefficient (Wildman–Crippen LogP) is 7.01. The molecule has 0 aliphatic rings. The molecule has 0 aliphatic heterocycles. The third kappa shape index (κ3) is 9.86. The lowest BCUT2D eigenvalue weighted by Gasteiger charge is -2.30. The molecular weight excluding hydrogens is 364 g/mol. The lowest BCUT2D eigenvalue weighted by atomic mass is 9.85. The van der Waals surface area contributed by atoms with Crippen LogP contribution in [0.25, 0.3) is 0 Å². The number of rotatable bonds is 15. The number of para-hydroxylation sites is 2. The summed E-state index contributed by atoms with van der Waals surface area (Å²) in [5.41, 5.74) is 0.00178. The first-order chi connectivity index (χ1) is 13.6. The average Bonchev–Trinajstić information content (AvgIpc) is 2.65. The Labute approximate surface area is 179 Å². The molecule has 1 rings (SSSR count). The van der Waals surface area contributed by atoms with Gasteiger partial charge in [-0.1, -0.05) is 46.2 Å². The zero-order valence-corrected chi connectivity index (χ0v) is 20.0. The number of unbranched alkanes of at least 4 members (excludes halogenated alkanes) is 1. The molecular formula is C25H44O4. The van der Waals surface area contributed by atoms with E-state index in [-0.39, 0.29) is 23.4 Å². The molecule has 0 saturated heterocycles. The summed E-state index contributed by atoms with van der Waals surface area (Å²) in [6.45, 7) is 18.6. The third-order valence-corrected chi connectivity index (χ3v) is 5.65. The normalized spacial score (nSPS) is 14.5. The minimum absolute atomic E-state index is 0.220. The molecule has 0 saturated carbocycles. The zero-order chi connectivity index (χ0) is 21.9. The molecule has 2 atom stereocenters. The Hall–Kier alpha value is -1.26. The molecule has 0 bridgehead atoms. The van der Waals surface area contributed by atoms with Gasteiger partial charge in [0, 0.05) is 6.61 Å². The summed E-state index contributed by atoms with van der Waals surface area (Å²) in [5, 5.41) is 0. The highest BCUT2D eigenvalue weighted by molar-refractivity contribution is 5.40. The number of benzene rings is 1. The second-order valence-electron chi connectivity index (χ2n) is 9.18. The molecule has 29 heavy (non-hydrogen) atoms. The maximum absolute atomic E-state index is 6.19. The van der Waals surface area contributed by atoms with Gasteiger partial charge in [-0.3, -0.25) is 0 Å². The Bertz CT molecular complexity index is 568. The zero-order valence-electron chi connectivity index (χ0n) is 20.0. The van der Waals surface area contributed by atoms with Gasteiger partial charge in [-0.25, -0.2) is 0 Å². The number of hydrogen-bond donors (Lipinski definition) is 0. The maximum Gasteiger partial charge on any atom is 0.197 e. The van der Waals surface area contributed by atoms with Gasteiger partial charge in [-0.2, -0.15) is 0 Å². The van der Waals surface area contributed by atoms with E-state index in [4.69, 9.17) is 18.9 Å². The summed E-state index contributed by atoms with van der Waals surface area (Å²) >= 11 is 0. The SMILES string of the molecule is CCCC(C)(C)Oc1ccccc1OC(C)OCCCCOC(C)C(C)(C)CC. The van der Waals surface area contributed by atoms with Gasteiger partial charge >= 0.3 is 0 Å². The van der Waals surface area contributed by atoms with Crippen LogP contribution >= 0.6 is 0 Å².